The van der Waals surface area contributed by atoms with Crippen LogP contribution in [-0.4, -0.2) is 107 Å². The molecule has 13 nitrogen and oxygen atoms in total. The largest absolute Gasteiger partial charge is 0.397 e. The quantitative estimate of drug-likeness (QED) is 0.0183. The van der Waals surface area contributed by atoms with E-state index in [0.29, 0.717) is 12.8 Å². The number of ether oxygens (including phenoxy) is 2. The number of carbonyl (C=O) groups is 1. The van der Waals surface area contributed by atoms with Crippen molar-refractivity contribution in [3.63, 3.8) is 0 Å². The fraction of sp³-hybridized carbons (Fsp3) is 0.761. The van der Waals surface area contributed by atoms with Gasteiger partial charge in [0.2, 0.25) is 5.91 Å². The Balaban J connectivity index is 2.50. The van der Waals surface area contributed by atoms with E-state index in [1.165, 1.54) is 70.3 Å². The summed E-state index contributed by atoms with van der Waals surface area (Å²) in [6.07, 6.45) is 33.5. The van der Waals surface area contributed by atoms with E-state index in [-0.39, 0.29) is 6.42 Å². The molecule has 0 aromatic heterocycles. The SMILES string of the molecule is C/C=C/CC/C=C/CC/C=C/C(O)C(COC1OC(CO)C(O)C(OS(=O)(=O)O)C1O)NC(=O)C(O)CCCCCCCC/C=C\C/C=C\CCCCCCCCCCC. The first-order chi connectivity index (χ1) is 28.9. The Kier molecular flexibility index (Phi) is 33.7. The van der Waals surface area contributed by atoms with Gasteiger partial charge in [-0.15, -0.1) is 0 Å². The average Bonchev–Trinajstić information content (AvgIpc) is 3.22. The summed E-state index contributed by atoms with van der Waals surface area (Å²) in [5.74, 6) is -0.730. The van der Waals surface area contributed by atoms with E-state index >= 15 is 0 Å². The smallest absolute Gasteiger partial charge is 0.394 e. The molecule has 1 aliphatic rings. The highest BCUT2D eigenvalue weighted by Gasteiger charge is 2.48. The van der Waals surface area contributed by atoms with E-state index in [1.54, 1.807) is 6.08 Å². The van der Waals surface area contributed by atoms with Gasteiger partial charge in [-0.25, -0.2) is 4.18 Å². The summed E-state index contributed by atoms with van der Waals surface area (Å²) in [6.45, 7) is 2.93. The first kappa shape index (κ1) is 55.8. The Labute approximate surface area is 362 Å². The third-order valence-electron chi connectivity index (χ3n) is 10.5. The molecule has 1 saturated heterocycles. The summed E-state index contributed by atoms with van der Waals surface area (Å²) >= 11 is 0. The van der Waals surface area contributed by atoms with Gasteiger partial charge in [0.05, 0.1) is 25.4 Å². The van der Waals surface area contributed by atoms with Crippen LogP contribution in [0.3, 0.4) is 0 Å². The summed E-state index contributed by atoms with van der Waals surface area (Å²) < 4.78 is 47.3. The maximum Gasteiger partial charge on any atom is 0.397 e. The summed E-state index contributed by atoms with van der Waals surface area (Å²) in [5.41, 5.74) is 0. The van der Waals surface area contributed by atoms with Crippen molar-refractivity contribution in [1.82, 2.24) is 5.32 Å². The second-order valence-electron chi connectivity index (χ2n) is 15.8. The fourth-order valence-electron chi connectivity index (χ4n) is 6.82. The number of carbonyl (C=O) groups excluding carboxylic acids is 1. The lowest BCUT2D eigenvalue weighted by Crippen LogP contribution is -2.61. The molecule has 8 unspecified atom stereocenters. The van der Waals surface area contributed by atoms with Gasteiger partial charge in [0, 0.05) is 0 Å². The molecular formula is C46H81NO12S. The molecule has 0 spiro atoms. The van der Waals surface area contributed by atoms with Gasteiger partial charge >= 0.3 is 10.4 Å². The van der Waals surface area contributed by atoms with Crippen molar-refractivity contribution in [2.24, 2.45) is 0 Å². The number of unbranched alkanes of at least 4 members (excludes halogenated alkanes) is 17. The molecule has 0 bridgehead atoms. The number of rotatable bonds is 37. The molecule has 0 aliphatic carbocycles. The minimum absolute atomic E-state index is 0.219. The molecule has 0 aromatic rings. The van der Waals surface area contributed by atoms with Crippen molar-refractivity contribution in [2.45, 2.75) is 210 Å². The van der Waals surface area contributed by atoms with Gasteiger partial charge < -0.3 is 40.3 Å². The van der Waals surface area contributed by atoms with Crippen molar-refractivity contribution in [1.29, 1.82) is 0 Å². The van der Waals surface area contributed by atoms with Gasteiger partial charge in [0.1, 0.15) is 30.5 Å². The van der Waals surface area contributed by atoms with Gasteiger partial charge in [-0.3, -0.25) is 9.35 Å². The highest BCUT2D eigenvalue weighted by Crippen LogP contribution is 2.26. The highest BCUT2D eigenvalue weighted by molar-refractivity contribution is 7.80. The molecule has 0 radical (unpaired) electrons. The monoisotopic (exact) mass is 872 g/mol. The van der Waals surface area contributed by atoms with Crippen LogP contribution in [0, 0.1) is 0 Å². The van der Waals surface area contributed by atoms with E-state index in [1.807, 2.05) is 19.1 Å². The number of aliphatic hydroxyl groups is 5. The van der Waals surface area contributed by atoms with Crippen LogP contribution in [0.15, 0.2) is 60.8 Å². The number of amides is 1. The maximum absolute atomic E-state index is 13.1. The van der Waals surface area contributed by atoms with Crippen LogP contribution in [0.4, 0.5) is 0 Å². The van der Waals surface area contributed by atoms with Gasteiger partial charge in [-0.1, -0.05) is 151 Å². The first-order valence-corrected chi connectivity index (χ1v) is 24.1. The molecule has 1 amide bonds. The normalized spacial score (nSPS) is 21.9. The Hall–Kier alpha value is -2.24. The van der Waals surface area contributed by atoms with Gasteiger partial charge in [0.15, 0.2) is 6.29 Å². The summed E-state index contributed by atoms with van der Waals surface area (Å²) in [6, 6.07) is -1.15. The minimum Gasteiger partial charge on any atom is -0.394 e. The summed E-state index contributed by atoms with van der Waals surface area (Å²) in [5, 5.41) is 54.9. The Morgan fingerprint density at radius 3 is 1.78 bits per heavy atom. The Morgan fingerprint density at radius 1 is 0.717 bits per heavy atom. The second-order valence-corrected chi connectivity index (χ2v) is 16.8. The van der Waals surface area contributed by atoms with E-state index in [2.05, 4.69) is 52.9 Å². The van der Waals surface area contributed by atoms with Crippen molar-refractivity contribution in [3.05, 3.63) is 60.8 Å². The molecule has 0 saturated carbocycles. The lowest BCUT2D eigenvalue weighted by atomic mass is 9.99. The molecule has 348 valence electrons. The standard InChI is InChI=1S/C46H81NO12S/c1-3-5-7-9-11-13-14-15-16-17-18-19-20-21-22-23-24-25-27-29-31-33-35-40(50)45(53)47-38(39(49)34-32-30-28-26-12-10-8-6-4-2)37-57-46-43(52)44(59-60(54,55)56)42(51)41(36-48)58-46/h4,6,12,18-19,21-22,26,32,34,38-44,46,48-52H,3,5,7-11,13-17,20,23-25,27-31,33,35-37H2,1-2H3,(H,47,53)(H,54,55,56)/b6-4+,19-18-,22-21-,26-12+,34-32+. The third-order valence-corrected chi connectivity index (χ3v) is 10.9. The number of nitrogens with one attached hydrogen (secondary N) is 1. The highest BCUT2D eigenvalue weighted by atomic mass is 32.3. The molecule has 7 N–H and O–H groups in total. The van der Waals surface area contributed by atoms with E-state index in [0.717, 1.165) is 64.2 Å². The van der Waals surface area contributed by atoms with Crippen molar-refractivity contribution >= 4 is 16.3 Å². The van der Waals surface area contributed by atoms with E-state index in [4.69, 9.17) is 14.0 Å². The number of aliphatic hydroxyl groups excluding tert-OH is 5. The molecule has 1 rings (SSSR count). The molecule has 1 aliphatic heterocycles. The molecule has 1 fully saturated rings. The van der Waals surface area contributed by atoms with Crippen LogP contribution < -0.4 is 5.32 Å². The fourth-order valence-corrected chi connectivity index (χ4v) is 7.33. The molecular weight excluding hydrogens is 791 g/mol. The zero-order valence-corrected chi connectivity index (χ0v) is 37.4. The first-order valence-electron chi connectivity index (χ1n) is 22.7. The predicted octanol–water partition coefficient (Wildman–Crippen LogP) is 7.63. The predicted molar refractivity (Wildman–Crippen MR) is 237 cm³/mol. The van der Waals surface area contributed by atoms with Crippen molar-refractivity contribution < 1.29 is 57.0 Å². The van der Waals surface area contributed by atoms with Crippen LogP contribution in [0.25, 0.3) is 0 Å². The zero-order chi connectivity index (χ0) is 44.3. The van der Waals surface area contributed by atoms with Crippen LogP contribution in [-0.2, 0) is 28.9 Å². The Morgan fingerprint density at radius 2 is 1.23 bits per heavy atom. The van der Waals surface area contributed by atoms with Crippen LogP contribution in [0.1, 0.15) is 162 Å². The molecule has 60 heavy (non-hydrogen) atoms. The van der Waals surface area contributed by atoms with Gasteiger partial charge in [-0.2, -0.15) is 8.42 Å². The zero-order valence-electron chi connectivity index (χ0n) is 36.6. The lowest BCUT2D eigenvalue weighted by molar-refractivity contribution is -0.298. The lowest BCUT2D eigenvalue weighted by Gasteiger charge is -2.41. The number of hydrogen-bond acceptors (Lipinski definition) is 11. The third kappa shape index (κ3) is 28.4. The average molecular weight is 872 g/mol. The minimum atomic E-state index is -5.12. The molecule has 14 heteroatoms. The summed E-state index contributed by atoms with van der Waals surface area (Å²) in [4.78, 5) is 13.1. The molecule has 0 aromatic carbocycles. The van der Waals surface area contributed by atoms with Gasteiger partial charge in [-0.05, 0) is 71.1 Å². The van der Waals surface area contributed by atoms with Crippen LogP contribution in [0.5, 0.6) is 0 Å². The second kappa shape index (κ2) is 36.3. The maximum atomic E-state index is 13.1. The Bertz CT molecular complexity index is 1320. The van der Waals surface area contributed by atoms with Crippen molar-refractivity contribution in [2.75, 3.05) is 13.2 Å². The summed E-state index contributed by atoms with van der Waals surface area (Å²) in [7, 11) is -5.12. The molecule has 1 heterocycles. The van der Waals surface area contributed by atoms with Crippen molar-refractivity contribution in [3.8, 4) is 0 Å². The topological polar surface area (TPSA) is 212 Å². The van der Waals surface area contributed by atoms with E-state index < -0.39 is 78.5 Å². The molecule has 8 atom stereocenters. The van der Waals surface area contributed by atoms with Gasteiger partial charge in [0.25, 0.3) is 0 Å². The van der Waals surface area contributed by atoms with Crippen LogP contribution >= 0.6 is 0 Å². The van der Waals surface area contributed by atoms with E-state index in [9.17, 15) is 38.7 Å². The number of allylic oxidation sites excluding steroid dienone is 9. The number of hydrogen-bond donors (Lipinski definition) is 7. The van der Waals surface area contributed by atoms with Crippen LogP contribution in [0.2, 0.25) is 0 Å².